The van der Waals surface area contributed by atoms with E-state index < -0.39 is 0 Å². The first-order valence-electron chi connectivity index (χ1n) is 11.1. The number of hydrogen-bond acceptors (Lipinski definition) is 3. The van der Waals surface area contributed by atoms with Crippen LogP contribution in [0.1, 0.15) is 11.1 Å². The predicted molar refractivity (Wildman–Crippen MR) is 147 cm³/mol. The molecule has 1 saturated heterocycles. The van der Waals surface area contributed by atoms with Crippen LogP contribution in [0.15, 0.2) is 108 Å². The van der Waals surface area contributed by atoms with E-state index in [9.17, 15) is 4.79 Å². The number of carbonyl (C=O) groups excluding carboxylic acids is 1. The number of thioether (sulfide) groups is 1. The quantitative estimate of drug-likeness (QED) is 0.202. The summed E-state index contributed by atoms with van der Waals surface area (Å²) in [5.74, 6) is -0.0776. The summed E-state index contributed by atoms with van der Waals surface area (Å²) in [5, 5.41) is 3.22. The molecule has 5 aromatic rings. The van der Waals surface area contributed by atoms with Crippen LogP contribution in [0.5, 0.6) is 0 Å². The number of fused-ring (bicyclic) bond motifs is 2. The zero-order chi connectivity index (χ0) is 23.1. The highest BCUT2D eigenvalue weighted by Crippen LogP contribution is 2.39. The minimum Gasteiger partial charge on any atom is -0.342 e. The molecule has 1 fully saturated rings. The predicted octanol–water partition coefficient (Wildman–Crippen LogP) is 7.25. The minimum absolute atomic E-state index is 0.0776. The van der Waals surface area contributed by atoms with Crippen molar-refractivity contribution in [2.24, 2.45) is 0 Å². The molecule has 6 rings (SSSR count). The van der Waals surface area contributed by atoms with Gasteiger partial charge in [0, 0.05) is 34.6 Å². The van der Waals surface area contributed by atoms with Gasteiger partial charge in [-0.05, 0) is 29.2 Å². The Kier molecular flexibility index (Phi) is 5.28. The van der Waals surface area contributed by atoms with Crippen LogP contribution in [0.25, 0.3) is 27.8 Å². The lowest BCUT2D eigenvalue weighted by molar-refractivity contribution is -0.113. The van der Waals surface area contributed by atoms with E-state index in [-0.39, 0.29) is 5.91 Å². The SMILES string of the molecule is O=C1/C(=C\c2cn(Cc3ccccc3)c3ccccc23)SC(=S)N1c1cccc2ccccc12. The van der Waals surface area contributed by atoms with E-state index in [1.165, 1.54) is 17.3 Å². The Bertz CT molecular complexity index is 1600. The van der Waals surface area contributed by atoms with E-state index in [1.807, 2.05) is 66.7 Å². The number of carbonyl (C=O) groups is 1. The normalized spacial score (nSPS) is 15.2. The molecular formula is C29H20N2OS2. The summed E-state index contributed by atoms with van der Waals surface area (Å²) in [6, 6.07) is 32.8. The summed E-state index contributed by atoms with van der Waals surface area (Å²) < 4.78 is 2.79. The van der Waals surface area contributed by atoms with E-state index >= 15 is 0 Å². The van der Waals surface area contributed by atoms with Crippen molar-refractivity contribution in [1.82, 2.24) is 4.57 Å². The number of para-hydroxylation sites is 1. The second-order valence-electron chi connectivity index (χ2n) is 8.23. The highest BCUT2D eigenvalue weighted by molar-refractivity contribution is 8.27. The molecule has 0 N–H and O–H groups in total. The van der Waals surface area contributed by atoms with E-state index in [2.05, 4.69) is 47.2 Å². The summed E-state index contributed by atoms with van der Waals surface area (Å²) >= 11 is 7.03. The molecule has 5 heteroatoms. The summed E-state index contributed by atoms with van der Waals surface area (Å²) in [6.07, 6.45) is 4.11. The second-order valence-corrected chi connectivity index (χ2v) is 9.91. The first-order chi connectivity index (χ1) is 16.7. The molecular weight excluding hydrogens is 456 g/mol. The molecule has 0 aliphatic carbocycles. The molecule has 0 atom stereocenters. The molecule has 0 spiro atoms. The van der Waals surface area contributed by atoms with Crippen LogP contribution in [0.3, 0.4) is 0 Å². The van der Waals surface area contributed by atoms with E-state index in [4.69, 9.17) is 12.2 Å². The number of thiocarbonyl (C=S) groups is 1. The molecule has 1 amide bonds. The summed E-state index contributed by atoms with van der Waals surface area (Å²) in [7, 11) is 0. The van der Waals surface area contributed by atoms with Gasteiger partial charge in [-0.2, -0.15) is 0 Å². The van der Waals surface area contributed by atoms with Crippen LogP contribution in [-0.4, -0.2) is 14.8 Å². The Morgan fingerprint density at radius 1 is 0.794 bits per heavy atom. The lowest BCUT2D eigenvalue weighted by Crippen LogP contribution is -2.27. The standard InChI is InChI=1S/C29H20N2OS2/c32-28-27(34-29(33)31(28)26-16-8-12-21-11-4-5-13-23(21)26)17-22-19-30(18-20-9-2-1-3-10-20)25-15-7-6-14-24(22)25/h1-17,19H,18H2/b27-17+. The average Bonchev–Trinajstić information content (AvgIpc) is 3.35. The number of aromatic nitrogens is 1. The third-order valence-corrected chi connectivity index (χ3v) is 7.41. The molecule has 2 heterocycles. The van der Waals surface area contributed by atoms with Crippen molar-refractivity contribution in [2.75, 3.05) is 4.90 Å². The average molecular weight is 477 g/mol. The van der Waals surface area contributed by atoms with Crippen molar-refractivity contribution >= 4 is 67.6 Å². The Morgan fingerprint density at radius 3 is 2.35 bits per heavy atom. The zero-order valence-electron chi connectivity index (χ0n) is 18.2. The zero-order valence-corrected chi connectivity index (χ0v) is 19.9. The van der Waals surface area contributed by atoms with Gasteiger partial charge in [0.1, 0.15) is 0 Å². The van der Waals surface area contributed by atoms with Gasteiger partial charge in [-0.15, -0.1) is 0 Å². The summed E-state index contributed by atoms with van der Waals surface area (Å²) in [5.41, 5.74) is 4.22. The molecule has 0 unspecified atom stereocenters. The highest BCUT2D eigenvalue weighted by Gasteiger charge is 2.34. The summed E-state index contributed by atoms with van der Waals surface area (Å²) in [6.45, 7) is 0.770. The number of amides is 1. The number of benzene rings is 4. The third kappa shape index (κ3) is 3.63. The smallest absolute Gasteiger partial charge is 0.270 e. The molecule has 0 radical (unpaired) electrons. The number of hydrogen-bond donors (Lipinski definition) is 0. The number of anilines is 1. The number of nitrogens with zero attached hydrogens (tertiary/aromatic N) is 2. The Morgan fingerprint density at radius 2 is 1.50 bits per heavy atom. The maximum absolute atomic E-state index is 13.5. The highest BCUT2D eigenvalue weighted by atomic mass is 32.2. The molecule has 1 aromatic heterocycles. The van der Waals surface area contributed by atoms with Crippen molar-refractivity contribution in [3.63, 3.8) is 0 Å². The molecule has 4 aromatic carbocycles. The molecule has 164 valence electrons. The van der Waals surface area contributed by atoms with E-state index in [1.54, 1.807) is 4.90 Å². The Balaban J connectivity index is 1.40. The van der Waals surface area contributed by atoms with Crippen molar-refractivity contribution in [1.29, 1.82) is 0 Å². The molecule has 3 nitrogen and oxygen atoms in total. The molecule has 1 aliphatic heterocycles. The molecule has 1 aliphatic rings. The van der Waals surface area contributed by atoms with Gasteiger partial charge in [0.05, 0.1) is 10.6 Å². The van der Waals surface area contributed by atoms with Gasteiger partial charge in [-0.3, -0.25) is 9.69 Å². The van der Waals surface area contributed by atoms with Crippen LogP contribution in [0.4, 0.5) is 5.69 Å². The first-order valence-corrected chi connectivity index (χ1v) is 12.3. The van der Waals surface area contributed by atoms with Gasteiger partial charge in [0.2, 0.25) is 0 Å². The fourth-order valence-electron chi connectivity index (χ4n) is 4.52. The van der Waals surface area contributed by atoms with Crippen molar-refractivity contribution in [3.8, 4) is 0 Å². The van der Waals surface area contributed by atoms with Crippen LogP contribution in [-0.2, 0) is 11.3 Å². The van der Waals surface area contributed by atoms with Gasteiger partial charge < -0.3 is 4.57 Å². The van der Waals surface area contributed by atoms with Crippen molar-refractivity contribution in [3.05, 3.63) is 119 Å². The lowest BCUT2D eigenvalue weighted by atomic mass is 10.1. The minimum atomic E-state index is -0.0776. The molecule has 0 saturated carbocycles. The lowest BCUT2D eigenvalue weighted by Gasteiger charge is -2.17. The van der Waals surface area contributed by atoms with Crippen LogP contribution in [0, 0.1) is 0 Å². The fourth-order valence-corrected chi connectivity index (χ4v) is 5.80. The maximum Gasteiger partial charge on any atom is 0.270 e. The topological polar surface area (TPSA) is 25.2 Å². The summed E-state index contributed by atoms with van der Waals surface area (Å²) in [4.78, 5) is 15.8. The van der Waals surface area contributed by atoms with E-state index in [0.29, 0.717) is 9.23 Å². The van der Waals surface area contributed by atoms with Crippen LogP contribution in [0.2, 0.25) is 0 Å². The number of rotatable bonds is 4. The largest absolute Gasteiger partial charge is 0.342 e. The van der Waals surface area contributed by atoms with Gasteiger partial charge in [0.25, 0.3) is 5.91 Å². The fraction of sp³-hybridized carbons (Fsp3) is 0.0345. The van der Waals surface area contributed by atoms with Crippen LogP contribution >= 0.6 is 24.0 Å². The van der Waals surface area contributed by atoms with Gasteiger partial charge in [0.15, 0.2) is 4.32 Å². The first kappa shape index (κ1) is 20.9. The maximum atomic E-state index is 13.5. The second kappa shape index (κ2) is 8.60. The Hall–Kier alpha value is -3.67. The van der Waals surface area contributed by atoms with Gasteiger partial charge in [-0.25, -0.2) is 0 Å². The van der Waals surface area contributed by atoms with Crippen molar-refractivity contribution in [2.45, 2.75) is 6.54 Å². The molecule has 34 heavy (non-hydrogen) atoms. The monoisotopic (exact) mass is 476 g/mol. The van der Waals surface area contributed by atoms with E-state index in [0.717, 1.165) is 39.5 Å². The molecule has 0 bridgehead atoms. The third-order valence-electron chi connectivity index (χ3n) is 6.10. The Labute approximate surface area is 207 Å². The van der Waals surface area contributed by atoms with Crippen LogP contribution < -0.4 is 4.90 Å². The van der Waals surface area contributed by atoms with Gasteiger partial charge >= 0.3 is 0 Å². The van der Waals surface area contributed by atoms with Crippen molar-refractivity contribution < 1.29 is 4.79 Å². The van der Waals surface area contributed by atoms with Gasteiger partial charge in [-0.1, -0.05) is 109 Å².